The van der Waals surface area contributed by atoms with Gasteiger partial charge in [-0.25, -0.2) is 9.18 Å². The second kappa shape index (κ2) is 8.80. The highest BCUT2D eigenvalue weighted by Gasteiger charge is 2.19. The van der Waals surface area contributed by atoms with E-state index in [1.807, 2.05) is 43.5 Å². The minimum atomic E-state index is -0.540. The van der Waals surface area contributed by atoms with Gasteiger partial charge in [-0.05, 0) is 54.6 Å². The Labute approximate surface area is 167 Å². The van der Waals surface area contributed by atoms with E-state index in [-0.39, 0.29) is 5.82 Å². The van der Waals surface area contributed by atoms with E-state index in [0.29, 0.717) is 5.56 Å². The van der Waals surface area contributed by atoms with Gasteiger partial charge in [0.2, 0.25) is 0 Å². The molecule has 0 aliphatic heterocycles. The molecule has 4 nitrogen and oxygen atoms in total. The molecule has 0 saturated heterocycles. The lowest BCUT2D eigenvalue weighted by Crippen LogP contribution is -2.32. The number of benzene rings is 2. The Morgan fingerprint density at radius 3 is 2.50 bits per heavy atom. The average Bonchev–Trinajstić information content (AvgIpc) is 3.19. The summed E-state index contributed by atoms with van der Waals surface area (Å²) in [6, 6.07) is 14.7. The van der Waals surface area contributed by atoms with E-state index in [2.05, 4.69) is 5.32 Å². The Bertz CT molecular complexity index is 968. The topological polar surface area (TPSA) is 55.4 Å². The van der Waals surface area contributed by atoms with Crippen molar-refractivity contribution in [2.24, 2.45) is 0 Å². The summed E-state index contributed by atoms with van der Waals surface area (Å²) in [5, 5.41) is 4.76. The molecule has 2 aromatic carbocycles. The molecule has 0 aliphatic carbocycles. The second-order valence-corrected chi connectivity index (χ2v) is 7.44. The summed E-state index contributed by atoms with van der Waals surface area (Å²) in [6.45, 7) is 3.37. The number of hydrogen-bond acceptors (Lipinski definition) is 4. The van der Waals surface area contributed by atoms with Crippen molar-refractivity contribution in [1.29, 1.82) is 0 Å². The van der Waals surface area contributed by atoms with Crippen molar-refractivity contribution < 1.29 is 18.7 Å². The molecule has 1 N–H and O–H groups in total. The van der Waals surface area contributed by atoms with E-state index >= 15 is 0 Å². The van der Waals surface area contributed by atoms with Crippen LogP contribution in [0.5, 0.6) is 0 Å². The van der Waals surface area contributed by atoms with Gasteiger partial charge in [0, 0.05) is 4.88 Å². The minimum absolute atomic E-state index is 0.345. The highest BCUT2D eigenvalue weighted by molar-refractivity contribution is 7.10. The Morgan fingerprint density at radius 2 is 1.86 bits per heavy atom. The summed E-state index contributed by atoms with van der Waals surface area (Å²) in [4.78, 5) is 25.6. The maximum atomic E-state index is 13.2. The molecule has 0 unspecified atom stereocenters. The lowest BCUT2D eigenvalue weighted by atomic mass is 10.1. The summed E-state index contributed by atoms with van der Waals surface area (Å²) in [5.41, 5.74) is 3.03. The Kier molecular flexibility index (Phi) is 6.21. The summed E-state index contributed by atoms with van der Waals surface area (Å²) in [6.07, 6.45) is 0. The summed E-state index contributed by atoms with van der Waals surface area (Å²) in [7, 11) is 0. The van der Waals surface area contributed by atoms with E-state index in [1.165, 1.54) is 23.5 Å². The molecule has 0 aliphatic rings. The molecule has 0 saturated carbocycles. The first-order valence-corrected chi connectivity index (χ1v) is 9.64. The molecule has 6 heteroatoms. The second-order valence-electron chi connectivity index (χ2n) is 6.46. The quantitative estimate of drug-likeness (QED) is 0.620. The van der Waals surface area contributed by atoms with Crippen LogP contribution in [0, 0.1) is 19.7 Å². The number of thiophene rings is 1. The van der Waals surface area contributed by atoms with Crippen LogP contribution in [0.1, 0.15) is 38.0 Å². The monoisotopic (exact) mass is 397 g/mol. The Balaban J connectivity index is 1.67. The van der Waals surface area contributed by atoms with Crippen molar-refractivity contribution in [1.82, 2.24) is 5.32 Å². The molecule has 1 aromatic heterocycles. The van der Waals surface area contributed by atoms with Crippen molar-refractivity contribution in [3.8, 4) is 0 Å². The fraction of sp³-hybridized carbons (Fsp3) is 0.182. The van der Waals surface area contributed by atoms with Gasteiger partial charge in [-0.2, -0.15) is 0 Å². The minimum Gasteiger partial charge on any atom is -0.452 e. The van der Waals surface area contributed by atoms with Gasteiger partial charge in [-0.15, -0.1) is 11.3 Å². The predicted molar refractivity (Wildman–Crippen MR) is 107 cm³/mol. The van der Waals surface area contributed by atoms with E-state index in [9.17, 15) is 14.0 Å². The maximum absolute atomic E-state index is 13.2. The fourth-order valence-electron chi connectivity index (χ4n) is 2.88. The van der Waals surface area contributed by atoms with Crippen molar-refractivity contribution in [2.75, 3.05) is 6.61 Å². The molecular formula is C22H20FNO3S. The van der Waals surface area contributed by atoms with Crippen LogP contribution in [0.4, 0.5) is 4.39 Å². The number of ether oxygens (including phenoxy) is 1. The van der Waals surface area contributed by atoms with E-state index < -0.39 is 24.5 Å². The molecule has 0 spiro atoms. The van der Waals surface area contributed by atoms with Gasteiger partial charge in [0.15, 0.2) is 6.61 Å². The van der Waals surface area contributed by atoms with Crippen LogP contribution < -0.4 is 5.32 Å². The first-order valence-electron chi connectivity index (χ1n) is 8.76. The summed E-state index contributed by atoms with van der Waals surface area (Å²) in [5.74, 6) is -1.31. The van der Waals surface area contributed by atoms with Gasteiger partial charge in [0.05, 0.1) is 11.6 Å². The van der Waals surface area contributed by atoms with Gasteiger partial charge in [0.25, 0.3) is 5.91 Å². The number of halogens is 1. The Morgan fingerprint density at radius 1 is 1.11 bits per heavy atom. The summed E-state index contributed by atoms with van der Waals surface area (Å²) < 4.78 is 18.4. The number of rotatable bonds is 6. The number of aryl methyl sites for hydroxylation is 2. The highest BCUT2D eigenvalue weighted by Crippen LogP contribution is 2.26. The number of carbonyl (C=O) groups is 2. The standard InChI is InChI=1S/C22H20FNO3S/c1-14-5-10-18(15(2)12-14)22(26)27-13-20(25)24-21(19-4-3-11-28-19)16-6-8-17(23)9-7-16/h3-12,21H,13H2,1-2H3,(H,24,25)/t21-/m1/s1. The first-order chi connectivity index (χ1) is 13.4. The molecule has 0 fully saturated rings. The molecule has 1 atom stereocenters. The van der Waals surface area contributed by atoms with Crippen molar-refractivity contribution in [3.63, 3.8) is 0 Å². The highest BCUT2D eigenvalue weighted by atomic mass is 32.1. The van der Waals surface area contributed by atoms with Crippen LogP contribution in [-0.4, -0.2) is 18.5 Å². The fourth-order valence-corrected chi connectivity index (χ4v) is 3.69. The van der Waals surface area contributed by atoms with Gasteiger partial charge in [-0.1, -0.05) is 35.9 Å². The molecule has 1 heterocycles. The molecule has 144 valence electrons. The van der Waals surface area contributed by atoms with Crippen LogP contribution in [0.2, 0.25) is 0 Å². The molecule has 1 amide bonds. The largest absolute Gasteiger partial charge is 0.452 e. The normalized spacial score (nSPS) is 11.7. The van der Waals surface area contributed by atoms with Crippen LogP contribution >= 0.6 is 11.3 Å². The summed E-state index contributed by atoms with van der Waals surface area (Å²) >= 11 is 1.48. The Hall–Kier alpha value is -2.99. The smallest absolute Gasteiger partial charge is 0.338 e. The zero-order chi connectivity index (χ0) is 20.1. The van der Waals surface area contributed by atoms with Gasteiger partial charge in [-0.3, -0.25) is 4.79 Å². The molecule has 3 rings (SSSR count). The first kappa shape index (κ1) is 19.8. The average molecular weight is 397 g/mol. The zero-order valence-electron chi connectivity index (χ0n) is 15.6. The lowest BCUT2D eigenvalue weighted by molar-refractivity contribution is -0.124. The molecule has 28 heavy (non-hydrogen) atoms. The zero-order valence-corrected chi connectivity index (χ0v) is 16.4. The molecule has 0 bridgehead atoms. The molecular weight excluding hydrogens is 377 g/mol. The lowest BCUT2D eigenvalue weighted by Gasteiger charge is -2.18. The maximum Gasteiger partial charge on any atom is 0.338 e. The third-order valence-corrected chi connectivity index (χ3v) is 5.21. The third kappa shape index (κ3) is 4.84. The van der Waals surface area contributed by atoms with Crippen molar-refractivity contribution in [2.45, 2.75) is 19.9 Å². The number of carbonyl (C=O) groups excluding carboxylic acids is 2. The number of amides is 1. The number of nitrogens with one attached hydrogen (secondary N) is 1. The van der Waals surface area contributed by atoms with E-state index in [0.717, 1.165) is 21.6 Å². The van der Waals surface area contributed by atoms with Gasteiger partial charge >= 0.3 is 5.97 Å². The van der Waals surface area contributed by atoms with Crippen LogP contribution in [0.15, 0.2) is 60.0 Å². The predicted octanol–water partition coefficient (Wildman–Crippen LogP) is 4.57. The van der Waals surface area contributed by atoms with Crippen LogP contribution in [0.3, 0.4) is 0 Å². The van der Waals surface area contributed by atoms with Crippen molar-refractivity contribution in [3.05, 3.63) is 92.9 Å². The molecule has 0 radical (unpaired) electrons. The molecule has 3 aromatic rings. The number of hydrogen-bond donors (Lipinski definition) is 1. The SMILES string of the molecule is Cc1ccc(C(=O)OCC(=O)N[C@H](c2ccc(F)cc2)c2cccs2)c(C)c1. The van der Waals surface area contributed by atoms with E-state index in [1.54, 1.807) is 18.2 Å². The van der Waals surface area contributed by atoms with Gasteiger partial charge in [0.1, 0.15) is 5.82 Å². The van der Waals surface area contributed by atoms with Crippen LogP contribution in [0.25, 0.3) is 0 Å². The number of esters is 1. The van der Waals surface area contributed by atoms with Gasteiger partial charge < -0.3 is 10.1 Å². The van der Waals surface area contributed by atoms with Crippen LogP contribution in [-0.2, 0) is 9.53 Å². The van der Waals surface area contributed by atoms with E-state index in [4.69, 9.17) is 4.74 Å². The van der Waals surface area contributed by atoms with Crippen molar-refractivity contribution >= 4 is 23.2 Å². The third-order valence-electron chi connectivity index (χ3n) is 4.27.